The zero-order chi connectivity index (χ0) is 12.7. The van der Waals surface area contributed by atoms with E-state index in [9.17, 15) is 9.90 Å². The topological polar surface area (TPSA) is 46.5 Å². The predicted molar refractivity (Wildman–Crippen MR) is 67.6 cm³/mol. The van der Waals surface area contributed by atoms with Crippen molar-refractivity contribution in [3.63, 3.8) is 0 Å². The van der Waals surface area contributed by atoms with E-state index in [0.717, 1.165) is 17.7 Å². The molecule has 4 atom stereocenters. The Bertz CT molecular complexity index is 489. The monoisotopic (exact) mass is 244 g/mol. The molecule has 1 N–H and O–H groups in total. The maximum absolute atomic E-state index is 11.4. The molecule has 3 rings (SSSR count). The van der Waals surface area contributed by atoms with E-state index in [-0.39, 0.29) is 17.8 Å². The summed E-state index contributed by atoms with van der Waals surface area (Å²) in [6.07, 6.45) is 5.23. The Morgan fingerprint density at radius 3 is 2.50 bits per heavy atom. The third-order valence-corrected chi connectivity index (χ3v) is 4.25. The van der Waals surface area contributed by atoms with Crippen molar-refractivity contribution in [3.05, 3.63) is 42.0 Å². The second-order valence-electron chi connectivity index (χ2n) is 5.11. The summed E-state index contributed by atoms with van der Waals surface area (Å²) >= 11 is 0. The van der Waals surface area contributed by atoms with Crippen LogP contribution in [-0.2, 0) is 4.79 Å². The van der Waals surface area contributed by atoms with Crippen molar-refractivity contribution in [2.24, 2.45) is 17.8 Å². The molecule has 94 valence electrons. The number of allylic oxidation sites excluding steroid dienone is 2. The van der Waals surface area contributed by atoms with Crippen LogP contribution in [0.5, 0.6) is 5.75 Å². The molecule has 0 aliphatic heterocycles. The number of ether oxygens (including phenoxy) is 1. The zero-order valence-electron chi connectivity index (χ0n) is 10.2. The number of carboxylic acid groups (broad SMARTS) is 1. The van der Waals surface area contributed by atoms with Crippen LogP contribution in [0.15, 0.2) is 36.4 Å². The molecule has 3 nitrogen and oxygen atoms in total. The minimum absolute atomic E-state index is 0.114. The Morgan fingerprint density at radius 1 is 1.22 bits per heavy atom. The van der Waals surface area contributed by atoms with E-state index >= 15 is 0 Å². The lowest BCUT2D eigenvalue weighted by Gasteiger charge is -2.25. The Labute approximate surface area is 106 Å². The van der Waals surface area contributed by atoms with Gasteiger partial charge < -0.3 is 9.84 Å². The molecule has 1 fully saturated rings. The van der Waals surface area contributed by atoms with Crippen molar-refractivity contribution < 1.29 is 14.6 Å². The second-order valence-corrected chi connectivity index (χ2v) is 5.11. The third-order valence-electron chi connectivity index (χ3n) is 4.25. The number of carbonyl (C=O) groups is 1. The number of hydrogen-bond acceptors (Lipinski definition) is 2. The molecular weight excluding hydrogens is 228 g/mol. The van der Waals surface area contributed by atoms with Crippen molar-refractivity contribution in [3.8, 4) is 5.75 Å². The van der Waals surface area contributed by atoms with Gasteiger partial charge in [-0.05, 0) is 36.0 Å². The van der Waals surface area contributed by atoms with E-state index in [1.165, 1.54) is 0 Å². The van der Waals surface area contributed by atoms with Crippen molar-refractivity contribution in [1.82, 2.24) is 0 Å². The number of aliphatic carboxylic acids is 1. The fourth-order valence-electron chi connectivity index (χ4n) is 3.44. The van der Waals surface area contributed by atoms with Crippen molar-refractivity contribution >= 4 is 5.97 Å². The van der Waals surface area contributed by atoms with Gasteiger partial charge >= 0.3 is 5.97 Å². The average molecular weight is 244 g/mol. The quantitative estimate of drug-likeness (QED) is 0.831. The molecule has 3 heteroatoms. The molecule has 1 aromatic carbocycles. The minimum Gasteiger partial charge on any atom is -0.497 e. The van der Waals surface area contributed by atoms with Crippen LogP contribution in [0, 0.1) is 17.8 Å². The third kappa shape index (κ3) is 1.62. The van der Waals surface area contributed by atoms with Crippen LogP contribution in [-0.4, -0.2) is 18.2 Å². The van der Waals surface area contributed by atoms with Gasteiger partial charge in [-0.15, -0.1) is 0 Å². The van der Waals surface area contributed by atoms with E-state index in [4.69, 9.17) is 4.74 Å². The molecule has 2 aliphatic carbocycles. The minimum atomic E-state index is -0.673. The summed E-state index contributed by atoms with van der Waals surface area (Å²) in [4.78, 5) is 11.4. The molecule has 2 aliphatic rings. The van der Waals surface area contributed by atoms with E-state index < -0.39 is 5.97 Å². The summed E-state index contributed by atoms with van der Waals surface area (Å²) in [5.41, 5.74) is 1.11. The molecule has 0 aromatic heterocycles. The van der Waals surface area contributed by atoms with Gasteiger partial charge in [-0.25, -0.2) is 0 Å². The lowest BCUT2D eigenvalue weighted by atomic mass is 9.78. The molecule has 0 saturated heterocycles. The molecule has 1 saturated carbocycles. The number of methoxy groups -OCH3 is 1. The van der Waals surface area contributed by atoms with Gasteiger partial charge in [-0.1, -0.05) is 24.3 Å². The highest BCUT2D eigenvalue weighted by Gasteiger charge is 2.48. The van der Waals surface area contributed by atoms with Crippen LogP contribution < -0.4 is 4.74 Å². The smallest absolute Gasteiger partial charge is 0.307 e. The van der Waals surface area contributed by atoms with Gasteiger partial charge in [0, 0.05) is 5.92 Å². The van der Waals surface area contributed by atoms with Gasteiger partial charge in [0.1, 0.15) is 5.75 Å². The van der Waals surface area contributed by atoms with Gasteiger partial charge in [0.25, 0.3) is 0 Å². The van der Waals surface area contributed by atoms with Crippen LogP contribution >= 0.6 is 0 Å². The number of rotatable bonds is 3. The van der Waals surface area contributed by atoms with Crippen LogP contribution in [0.2, 0.25) is 0 Å². The average Bonchev–Trinajstić information content (AvgIpc) is 2.99. The highest BCUT2D eigenvalue weighted by molar-refractivity contribution is 5.73. The van der Waals surface area contributed by atoms with Gasteiger partial charge in [0.2, 0.25) is 0 Å². The second kappa shape index (κ2) is 4.16. The maximum Gasteiger partial charge on any atom is 0.307 e. The first-order valence-electron chi connectivity index (χ1n) is 6.26. The summed E-state index contributed by atoms with van der Waals surface area (Å²) < 4.78 is 5.14. The Kier molecular flexibility index (Phi) is 2.62. The Hall–Kier alpha value is -1.77. The largest absolute Gasteiger partial charge is 0.497 e. The van der Waals surface area contributed by atoms with E-state index in [0.29, 0.717) is 5.92 Å². The fraction of sp³-hybridized carbons (Fsp3) is 0.400. The van der Waals surface area contributed by atoms with Crippen molar-refractivity contribution in [2.45, 2.75) is 12.3 Å². The summed E-state index contributed by atoms with van der Waals surface area (Å²) in [6, 6.07) is 7.80. The molecular formula is C15H16O3. The van der Waals surface area contributed by atoms with E-state index in [2.05, 4.69) is 12.2 Å². The standard InChI is InChI=1S/C15H16O3/c1-18-12-6-4-9(5-7-12)13-10-2-3-11(8-10)14(13)15(16)17/h2-7,10-11,13-14H,8H2,1H3,(H,16,17)/t10-,11+,13-,14-/m0/s1. The summed E-state index contributed by atoms with van der Waals surface area (Å²) in [6.45, 7) is 0. The van der Waals surface area contributed by atoms with Crippen LogP contribution in [0.25, 0.3) is 0 Å². The first-order valence-corrected chi connectivity index (χ1v) is 6.26. The lowest BCUT2D eigenvalue weighted by Crippen LogP contribution is -2.25. The van der Waals surface area contributed by atoms with E-state index in [1.807, 2.05) is 24.3 Å². The summed E-state index contributed by atoms with van der Waals surface area (Å²) in [7, 11) is 1.63. The molecule has 18 heavy (non-hydrogen) atoms. The maximum atomic E-state index is 11.4. The fourth-order valence-corrected chi connectivity index (χ4v) is 3.44. The number of benzene rings is 1. The SMILES string of the molecule is COc1ccc([C@@H]2[C@@H](C(=O)O)[C@@H]3C=C[C@H]2C3)cc1. The van der Waals surface area contributed by atoms with Gasteiger partial charge in [0.15, 0.2) is 0 Å². The van der Waals surface area contributed by atoms with Crippen LogP contribution in [0.4, 0.5) is 0 Å². The van der Waals surface area contributed by atoms with Crippen LogP contribution in [0.3, 0.4) is 0 Å². The Balaban J connectivity index is 1.94. The van der Waals surface area contributed by atoms with Crippen molar-refractivity contribution in [2.75, 3.05) is 7.11 Å². The number of fused-ring (bicyclic) bond motifs is 2. The predicted octanol–water partition coefficient (Wildman–Crippen LogP) is 2.69. The number of carboxylic acids is 1. The molecule has 0 unspecified atom stereocenters. The number of hydrogen-bond donors (Lipinski definition) is 1. The molecule has 0 spiro atoms. The van der Waals surface area contributed by atoms with Crippen LogP contribution in [0.1, 0.15) is 17.9 Å². The van der Waals surface area contributed by atoms with Gasteiger partial charge in [0.05, 0.1) is 13.0 Å². The Morgan fingerprint density at radius 2 is 1.89 bits per heavy atom. The molecule has 2 bridgehead atoms. The highest BCUT2D eigenvalue weighted by atomic mass is 16.5. The lowest BCUT2D eigenvalue weighted by molar-refractivity contribution is -0.143. The normalized spacial score (nSPS) is 32.7. The molecule has 0 heterocycles. The molecule has 0 amide bonds. The summed E-state index contributed by atoms with van der Waals surface area (Å²) in [5, 5.41) is 9.41. The van der Waals surface area contributed by atoms with Gasteiger partial charge in [-0.3, -0.25) is 4.79 Å². The highest BCUT2D eigenvalue weighted by Crippen LogP contribution is 2.53. The first kappa shape index (κ1) is 11.3. The first-order chi connectivity index (χ1) is 8.70. The van der Waals surface area contributed by atoms with Gasteiger partial charge in [-0.2, -0.15) is 0 Å². The van der Waals surface area contributed by atoms with E-state index in [1.54, 1.807) is 7.11 Å². The van der Waals surface area contributed by atoms with Crippen molar-refractivity contribution in [1.29, 1.82) is 0 Å². The molecule has 0 radical (unpaired) electrons. The summed E-state index contributed by atoms with van der Waals surface area (Å²) in [5.74, 6) is 0.567. The molecule has 1 aromatic rings. The zero-order valence-corrected chi connectivity index (χ0v) is 10.2.